The number of hydrogen-bond acceptors (Lipinski definition) is 4. The van der Waals surface area contributed by atoms with Crippen molar-refractivity contribution in [3.63, 3.8) is 0 Å². The lowest BCUT2D eigenvalue weighted by Crippen LogP contribution is -2.42. The second-order valence-electron chi connectivity index (χ2n) is 6.63. The Bertz CT molecular complexity index is 707. The van der Waals surface area contributed by atoms with Crippen LogP contribution in [0.1, 0.15) is 37.3 Å². The average Bonchev–Trinajstić information content (AvgIpc) is 2.70. The van der Waals surface area contributed by atoms with E-state index in [9.17, 15) is 8.42 Å². The van der Waals surface area contributed by atoms with E-state index in [-0.39, 0.29) is 42.4 Å². The van der Waals surface area contributed by atoms with E-state index in [4.69, 9.17) is 4.74 Å². The van der Waals surface area contributed by atoms with Crippen molar-refractivity contribution in [1.82, 2.24) is 15.4 Å². The number of nitrogens with one attached hydrogen (secondary N) is 3. The van der Waals surface area contributed by atoms with Crippen LogP contribution in [-0.2, 0) is 27.7 Å². The summed E-state index contributed by atoms with van der Waals surface area (Å²) in [6.07, 6.45) is 4.03. The molecular weight excluding hydrogens is 491 g/mol. The summed E-state index contributed by atoms with van der Waals surface area (Å²) < 4.78 is 32.5. The number of benzene rings is 1. The van der Waals surface area contributed by atoms with Gasteiger partial charge >= 0.3 is 0 Å². The summed E-state index contributed by atoms with van der Waals surface area (Å²) in [7, 11) is -1.66. The molecule has 0 radical (unpaired) electrons. The Hall–Kier alpha value is -0.910. The maximum absolute atomic E-state index is 12.1. The highest BCUT2D eigenvalue weighted by Gasteiger charge is 2.17. The molecule has 28 heavy (non-hydrogen) atoms. The molecule has 0 bridgehead atoms. The third-order valence-corrected chi connectivity index (χ3v) is 5.99. The molecule has 1 unspecified atom stereocenters. The molecule has 160 valence electrons. The summed E-state index contributed by atoms with van der Waals surface area (Å²) in [5, 5.41) is 6.29. The Labute approximate surface area is 186 Å². The first-order valence-corrected chi connectivity index (χ1v) is 11.3. The lowest BCUT2D eigenvalue weighted by Gasteiger charge is -2.22. The van der Waals surface area contributed by atoms with E-state index in [0.717, 1.165) is 32.3 Å². The molecule has 0 amide bonds. The van der Waals surface area contributed by atoms with Gasteiger partial charge in [0.25, 0.3) is 0 Å². The quantitative estimate of drug-likeness (QED) is 0.261. The van der Waals surface area contributed by atoms with Crippen molar-refractivity contribution in [2.75, 3.05) is 32.5 Å². The van der Waals surface area contributed by atoms with E-state index in [1.807, 2.05) is 12.1 Å². The first kappa shape index (κ1) is 25.1. The van der Waals surface area contributed by atoms with Gasteiger partial charge in [0.15, 0.2) is 5.96 Å². The molecular formula is C19H33IN4O3S. The molecule has 1 aromatic carbocycles. The smallest absolute Gasteiger partial charge is 0.213 e. The molecule has 0 saturated carbocycles. The molecule has 3 N–H and O–H groups in total. The van der Waals surface area contributed by atoms with Gasteiger partial charge in [-0.1, -0.05) is 31.2 Å². The van der Waals surface area contributed by atoms with Gasteiger partial charge in [-0.3, -0.25) is 4.99 Å². The first-order valence-electron chi connectivity index (χ1n) is 9.64. The van der Waals surface area contributed by atoms with Gasteiger partial charge in [-0.15, -0.1) is 24.0 Å². The summed E-state index contributed by atoms with van der Waals surface area (Å²) >= 11 is 0. The van der Waals surface area contributed by atoms with Gasteiger partial charge in [0.05, 0.1) is 11.9 Å². The van der Waals surface area contributed by atoms with Crippen LogP contribution >= 0.6 is 24.0 Å². The number of halogens is 1. The van der Waals surface area contributed by atoms with Gasteiger partial charge < -0.3 is 15.4 Å². The molecule has 9 heteroatoms. The van der Waals surface area contributed by atoms with Gasteiger partial charge in [-0.05, 0) is 36.8 Å². The Kier molecular flexibility index (Phi) is 12.0. The number of rotatable bonds is 9. The van der Waals surface area contributed by atoms with Crippen molar-refractivity contribution in [1.29, 1.82) is 0 Å². The highest BCUT2D eigenvalue weighted by molar-refractivity contribution is 14.0. The van der Waals surface area contributed by atoms with Crippen LogP contribution in [0.3, 0.4) is 0 Å². The molecule has 1 saturated heterocycles. The van der Waals surface area contributed by atoms with Crippen LogP contribution in [0.25, 0.3) is 0 Å². The Morgan fingerprint density at radius 2 is 1.96 bits per heavy atom. The number of nitrogens with zero attached hydrogens (tertiary/aromatic N) is 1. The molecule has 0 spiro atoms. The molecule has 1 aliphatic heterocycles. The van der Waals surface area contributed by atoms with Crippen molar-refractivity contribution in [3.05, 3.63) is 35.4 Å². The van der Waals surface area contributed by atoms with Gasteiger partial charge in [-0.25, -0.2) is 13.1 Å². The summed E-state index contributed by atoms with van der Waals surface area (Å²) in [5.74, 6) is 0.582. The van der Waals surface area contributed by atoms with E-state index in [2.05, 4.69) is 39.4 Å². The third-order valence-electron chi connectivity index (χ3n) is 4.64. The summed E-state index contributed by atoms with van der Waals surface area (Å²) in [5.41, 5.74) is 2.50. The van der Waals surface area contributed by atoms with Gasteiger partial charge in [0.2, 0.25) is 10.0 Å². The molecule has 1 heterocycles. The fraction of sp³-hybridized carbons (Fsp3) is 0.632. The standard InChI is InChI=1S/C19H32N4O3S.HI/c1-3-16-8-4-5-9-17(16)14-22-19(20-2)21-11-13-27(24,25)23-15-18-10-6-7-12-26-18;/h4-5,8-9,18,23H,3,6-7,10-15H2,1-2H3,(H2,20,21,22);1H. The van der Waals surface area contributed by atoms with Crippen LogP contribution in [0.5, 0.6) is 0 Å². The minimum Gasteiger partial charge on any atom is -0.377 e. The molecule has 1 fully saturated rings. The van der Waals surface area contributed by atoms with Crippen LogP contribution < -0.4 is 15.4 Å². The fourth-order valence-electron chi connectivity index (χ4n) is 3.04. The lowest BCUT2D eigenvalue weighted by atomic mass is 10.1. The summed E-state index contributed by atoms with van der Waals surface area (Å²) in [6.45, 7) is 4.13. The topological polar surface area (TPSA) is 91.8 Å². The molecule has 0 aliphatic carbocycles. The van der Waals surface area contributed by atoms with Crippen LogP contribution in [0.2, 0.25) is 0 Å². The van der Waals surface area contributed by atoms with E-state index < -0.39 is 10.0 Å². The van der Waals surface area contributed by atoms with Gasteiger partial charge in [-0.2, -0.15) is 0 Å². The molecule has 7 nitrogen and oxygen atoms in total. The molecule has 2 rings (SSSR count). The minimum absolute atomic E-state index is 0. The van der Waals surface area contributed by atoms with Crippen molar-refractivity contribution in [2.45, 2.75) is 45.3 Å². The van der Waals surface area contributed by atoms with Crippen LogP contribution in [0, 0.1) is 0 Å². The van der Waals surface area contributed by atoms with E-state index in [1.54, 1.807) is 7.05 Å². The van der Waals surface area contributed by atoms with Crippen molar-refractivity contribution >= 4 is 40.0 Å². The van der Waals surface area contributed by atoms with Gasteiger partial charge in [0, 0.05) is 33.3 Å². The van der Waals surface area contributed by atoms with Crippen molar-refractivity contribution in [2.24, 2.45) is 4.99 Å². The Balaban J connectivity index is 0.00000392. The zero-order chi connectivity index (χ0) is 19.5. The summed E-state index contributed by atoms with van der Waals surface area (Å²) in [6, 6.07) is 8.24. The van der Waals surface area contributed by atoms with Crippen molar-refractivity contribution < 1.29 is 13.2 Å². The zero-order valence-electron chi connectivity index (χ0n) is 16.7. The predicted octanol–water partition coefficient (Wildman–Crippen LogP) is 2.02. The number of aliphatic imine (C=N–C) groups is 1. The monoisotopic (exact) mass is 524 g/mol. The largest absolute Gasteiger partial charge is 0.377 e. The molecule has 1 atom stereocenters. The summed E-state index contributed by atoms with van der Waals surface area (Å²) in [4.78, 5) is 4.16. The normalized spacial score (nSPS) is 17.6. The first-order chi connectivity index (χ1) is 13.0. The van der Waals surface area contributed by atoms with Crippen LogP contribution in [-0.4, -0.2) is 53.0 Å². The second-order valence-corrected chi connectivity index (χ2v) is 8.56. The third kappa shape index (κ3) is 9.06. The predicted molar refractivity (Wildman–Crippen MR) is 125 cm³/mol. The van der Waals surface area contributed by atoms with Crippen molar-refractivity contribution in [3.8, 4) is 0 Å². The van der Waals surface area contributed by atoms with Gasteiger partial charge in [0.1, 0.15) is 0 Å². The lowest BCUT2D eigenvalue weighted by molar-refractivity contribution is 0.0200. The van der Waals surface area contributed by atoms with E-state index in [0.29, 0.717) is 19.0 Å². The average molecular weight is 524 g/mol. The SMILES string of the molecule is CCc1ccccc1CNC(=NC)NCCS(=O)(=O)NCC1CCCCO1.I. The van der Waals surface area contributed by atoms with E-state index >= 15 is 0 Å². The Morgan fingerprint density at radius 3 is 2.61 bits per heavy atom. The number of guanidine groups is 1. The van der Waals surface area contributed by atoms with Crippen LogP contribution in [0.15, 0.2) is 29.3 Å². The highest BCUT2D eigenvalue weighted by atomic mass is 127. The maximum atomic E-state index is 12.1. The number of hydrogen-bond donors (Lipinski definition) is 3. The number of ether oxygens (including phenoxy) is 1. The number of aryl methyl sites for hydroxylation is 1. The number of sulfonamides is 1. The van der Waals surface area contributed by atoms with Crippen LogP contribution in [0.4, 0.5) is 0 Å². The second kappa shape index (κ2) is 13.3. The molecule has 1 aromatic rings. The van der Waals surface area contributed by atoms with E-state index in [1.165, 1.54) is 11.1 Å². The fourth-order valence-corrected chi connectivity index (χ4v) is 3.99. The zero-order valence-corrected chi connectivity index (χ0v) is 19.9. The minimum atomic E-state index is -3.34. The highest BCUT2D eigenvalue weighted by Crippen LogP contribution is 2.12. The maximum Gasteiger partial charge on any atom is 0.213 e. The molecule has 0 aromatic heterocycles. The molecule has 1 aliphatic rings. The Morgan fingerprint density at radius 1 is 1.21 bits per heavy atom.